The normalized spacial score (nSPS) is 25.0. The summed E-state index contributed by atoms with van der Waals surface area (Å²) in [6.45, 7) is 4.60. The van der Waals surface area contributed by atoms with E-state index in [2.05, 4.69) is 46.7 Å². The lowest BCUT2D eigenvalue weighted by molar-refractivity contribution is -0.0502. The molecule has 142 valence electrons. The number of anilines is 1. The van der Waals surface area contributed by atoms with Gasteiger partial charge >= 0.3 is 6.03 Å². The van der Waals surface area contributed by atoms with Crippen molar-refractivity contribution < 1.29 is 9.53 Å². The molecule has 0 aromatic heterocycles. The molecule has 0 aliphatic carbocycles. The van der Waals surface area contributed by atoms with Crippen molar-refractivity contribution >= 4 is 11.7 Å². The third-order valence-corrected chi connectivity index (χ3v) is 5.54. The second-order valence-corrected chi connectivity index (χ2v) is 7.42. The number of fused-ring (bicyclic) bond motifs is 1. The highest BCUT2D eigenvalue weighted by molar-refractivity contribution is 5.89. The first kappa shape index (κ1) is 18.0. The van der Waals surface area contributed by atoms with Crippen molar-refractivity contribution in [2.75, 3.05) is 25.0 Å². The summed E-state index contributed by atoms with van der Waals surface area (Å²) in [5, 5.41) is 6.06. The molecule has 2 aliphatic rings. The molecule has 0 saturated carbocycles. The van der Waals surface area contributed by atoms with Crippen LogP contribution < -0.4 is 10.6 Å². The predicted molar refractivity (Wildman–Crippen MR) is 107 cm³/mol. The molecule has 27 heavy (non-hydrogen) atoms. The predicted octanol–water partition coefficient (Wildman–Crippen LogP) is 3.58. The van der Waals surface area contributed by atoms with E-state index in [1.54, 1.807) is 0 Å². The summed E-state index contributed by atoms with van der Waals surface area (Å²) in [5.74, 6) is 0. The molecule has 2 saturated heterocycles. The summed E-state index contributed by atoms with van der Waals surface area (Å²) in [6, 6.07) is 18.8. The van der Waals surface area contributed by atoms with Gasteiger partial charge < -0.3 is 15.4 Å². The average Bonchev–Trinajstić information content (AvgIpc) is 3.10. The lowest BCUT2D eigenvalue weighted by Crippen LogP contribution is -2.43. The Kier molecular flexibility index (Phi) is 5.41. The number of benzene rings is 2. The Hall–Kier alpha value is -2.37. The second kappa shape index (κ2) is 8.11. The van der Waals surface area contributed by atoms with Crippen LogP contribution in [0, 0.1) is 0 Å². The van der Waals surface area contributed by atoms with Crippen LogP contribution in [0.1, 0.15) is 30.6 Å². The molecule has 0 spiro atoms. The highest BCUT2D eigenvalue weighted by Crippen LogP contribution is 2.30. The van der Waals surface area contributed by atoms with E-state index >= 15 is 0 Å². The van der Waals surface area contributed by atoms with E-state index < -0.39 is 0 Å². The van der Waals surface area contributed by atoms with Crippen LogP contribution in [0.15, 0.2) is 54.6 Å². The number of aryl methyl sites for hydroxylation is 1. The van der Waals surface area contributed by atoms with Crippen molar-refractivity contribution in [3.05, 3.63) is 65.7 Å². The van der Waals surface area contributed by atoms with Gasteiger partial charge in [-0.25, -0.2) is 4.79 Å². The van der Waals surface area contributed by atoms with E-state index in [1.807, 2.05) is 30.3 Å². The SMILES string of the molecule is CCc1ccc(NC(=O)N[C@@H]2C[C@H]3CO[C@@H](c4ccccc4)CN3C2)cc1. The number of urea groups is 1. The fraction of sp³-hybridized carbons (Fsp3) is 0.409. The van der Waals surface area contributed by atoms with Gasteiger partial charge in [-0.1, -0.05) is 49.4 Å². The molecule has 0 radical (unpaired) electrons. The first-order valence-electron chi connectivity index (χ1n) is 9.78. The maximum atomic E-state index is 12.3. The molecule has 4 rings (SSSR count). The van der Waals surface area contributed by atoms with Gasteiger partial charge in [-0.3, -0.25) is 4.90 Å². The Morgan fingerprint density at radius 1 is 1.11 bits per heavy atom. The van der Waals surface area contributed by atoms with E-state index in [1.165, 1.54) is 11.1 Å². The molecule has 0 unspecified atom stereocenters. The number of morpholine rings is 1. The minimum Gasteiger partial charge on any atom is -0.371 e. The molecular formula is C22H27N3O2. The molecule has 5 nitrogen and oxygen atoms in total. The van der Waals surface area contributed by atoms with Crippen molar-refractivity contribution in [3.63, 3.8) is 0 Å². The van der Waals surface area contributed by atoms with Gasteiger partial charge in [0.1, 0.15) is 0 Å². The molecule has 2 heterocycles. The standard InChI is InChI=1S/C22H27N3O2/c1-2-16-8-10-18(11-9-16)23-22(26)24-19-12-20-15-27-21(14-25(20)13-19)17-6-4-3-5-7-17/h3-11,19-21H,2,12-15H2,1H3,(H2,23,24,26)/t19-,20+,21-/m1/s1. The van der Waals surface area contributed by atoms with E-state index in [0.717, 1.165) is 38.2 Å². The van der Waals surface area contributed by atoms with Gasteiger partial charge in [-0.05, 0) is 36.1 Å². The Labute approximate surface area is 160 Å². The number of nitrogens with one attached hydrogen (secondary N) is 2. The molecule has 0 bridgehead atoms. The van der Waals surface area contributed by atoms with Crippen LogP contribution in [0.3, 0.4) is 0 Å². The zero-order valence-corrected chi connectivity index (χ0v) is 15.7. The summed E-state index contributed by atoms with van der Waals surface area (Å²) < 4.78 is 6.08. The van der Waals surface area contributed by atoms with Crippen LogP contribution in [0.2, 0.25) is 0 Å². The Morgan fingerprint density at radius 3 is 2.63 bits per heavy atom. The van der Waals surface area contributed by atoms with Gasteiger partial charge in [0.2, 0.25) is 0 Å². The van der Waals surface area contributed by atoms with Crippen molar-refractivity contribution in [1.82, 2.24) is 10.2 Å². The van der Waals surface area contributed by atoms with Gasteiger partial charge in [0.05, 0.1) is 12.7 Å². The average molecular weight is 365 g/mol. The summed E-state index contributed by atoms with van der Waals surface area (Å²) in [7, 11) is 0. The monoisotopic (exact) mass is 365 g/mol. The molecule has 3 atom stereocenters. The first-order valence-corrected chi connectivity index (χ1v) is 9.78. The molecule has 5 heteroatoms. The Morgan fingerprint density at radius 2 is 1.89 bits per heavy atom. The maximum Gasteiger partial charge on any atom is 0.319 e. The maximum absolute atomic E-state index is 12.3. The van der Waals surface area contributed by atoms with Crippen LogP contribution in [0.25, 0.3) is 0 Å². The van der Waals surface area contributed by atoms with Crippen LogP contribution >= 0.6 is 0 Å². The van der Waals surface area contributed by atoms with Gasteiger partial charge in [-0.15, -0.1) is 0 Å². The van der Waals surface area contributed by atoms with Gasteiger partial charge in [-0.2, -0.15) is 0 Å². The number of amides is 2. The summed E-state index contributed by atoms with van der Waals surface area (Å²) in [4.78, 5) is 14.8. The zero-order valence-electron chi connectivity index (χ0n) is 15.7. The molecular weight excluding hydrogens is 338 g/mol. The summed E-state index contributed by atoms with van der Waals surface area (Å²) >= 11 is 0. The third-order valence-electron chi connectivity index (χ3n) is 5.54. The molecule has 2 N–H and O–H groups in total. The highest BCUT2D eigenvalue weighted by Gasteiger charge is 2.38. The number of rotatable bonds is 4. The lowest BCUT2D eigenvalue weighted by Gasteiger charge is -2.35. The fourth-order valence-electron chi connectivity index (χ4n) is 4.02. The number of nitrogens with zero attached hydrogens (tertiary/aromatic N) is 1. The van der Waals surface area contributed by atoms with Crippen molar-refractivity contribution in [2.45, 2.75) is 38.0 Å². The zero-order chi connectivity index (χ0) is 18.6. The summed E-state index contributed by atoms with van der Waals surface area (Å²) in [5.41, 5.74) is 3.31. The number of hydrogen-bond acceptors (Lipinski definition) is 3. The first-order chi connectivity index (χ1) is 13.2. The van der Waals surface area contributed by atoms with Crippen LogP contribution in [-0.4, -0.2) is 42.7 Å². The van der Waals surface area contributed by atoms with Gasteiger partial charge in [0.25, 0.3) is 0 Å². The van der Waals surface area contributed by atoms with Gasteiger partial charge in [0.15, 0.2) is 0 Å². The smallest absolute Gasteiger partial charge is 0.319 e. The molecule has 2 aromatic rings. The lowest BCUT2D eigenvalue weighted by atomic mass is 10.1. The molecule has 2 fully saturated rings. The van der Waals surface area contributed by atoms with E-state index in [9.17, 15) is 4.79 Å². The topological polar surface area (TPSA) is 53.6 Å². The Balaban J connectivity index is 1.29. The second-order valence-electron chi connectivity index (χ2n) is 7.42. The minimum absolute atomic E-state index is 0.118. The van der Waals surface area contributed by atoms with Crippen LogP contribution in [0.5, 0.6) is 0 Å². The Bertz CT molecular complexity index is 763. The largest absolute Gasteiger partial charge is 0.371 e. The van der Waals surface area contributed by atoms with Gasteiger partial charge in [0, 0.05) is 30.9 Å². The third kappa shape index (κ3) is 4.31. The van der Waals surface area contributed by atoms with E-state index in [0.29, 0.717) is 6.04 Å². The van der Waals surface area contributed by atoms with Crippen LogP contribution in [0.4, 0.5) is 10.5 Å². The highest BCUT2D eigenvalue weighted by atomic mass is 16.5. The number of carbonyl (C=O) groups is 1. The molecule has 2 amide bonds. The number of hydrogen-bond donors (Lipinski definition) is 2. The van der Waals surface area contributed by atoms with Crippen molar-refractivity contribution in [1.29, 1.82) is 0 Å². The number of carbonyl (C=O) groups excluding carboxylic acids is 1. The number of ether oxygens (including phenoxy) is 1. The van der Waals surface area contributed by atoms with E-state index in [-0.39, 0.29) is 18.2 Å². The molecule has 2 aliphatic heterocycles. The molecule has 2 aromatic carbocycles. The minimum atomic E-state index is -0.135. The fourth-order valence-corrected chi connectivity index (χ4v) is 4.02. The van der Waals surface area contributed by atoms with E-state index in [4.69, 9.17) is 4.74 Å². The van der Waals surface area contributed by atoms with Crippen molar-refractivity contribution in [2.24, 2.45) is 0 Å². The quantitative estimate of drug-likeness (QED) is 0.871. The van der Waals surface area contributed by atoms with Crippen molar-refractivity contribution in [3.8, 4) is 0 Å². The summed E-state index contributed by atoms with van der Waals surface area (Å²) in [6.07, 6.45) is 2.05. The van der Waals surface area contributed by atoms with Crippen LogP contribution in [-0.2, 0) is 11.2 Å².